The van der Waals surface area contributed by atoms with Gasteiger partial charge in [-0.3, -0.25) is 9.36 Å². The number of aromatic nitrogens is 4. The third kappa shape index (κ3) is 4.57. The van der Waals surface area contributed by atoms with Gasteiger partial charge in [0, 0.05) is 18.8 Å². The van der Waals surface area contributed by atoms with Gasteiger partial charge in [-0.25, -0.2) is 9.89 Å². The second-order valence-corrected chi connectivity index (χ2v) is 8.03. The highest BCUT2D eigenvalue weighted by Gasteiger charge is 2.24. The quantitative estimate of drug-likeness (QED) is 0.635. The molecule has 0 bridgehead atoms. The van der Waals surface area contributed by atoms with Gasteiger partial charge in [-0.05, 0) is 38.7 Å². The average Bonchev–Trinajstić information content (AvgIpc) is 3.39. The lowest BCUT2D eigenvalue weighted by Gasteiger charge is -2.16. The fraction of sp³-hybridized carbons (Fsp3) is 0.579. The molecule has 156 valence electrons. The van der Waals surface area contributed by atoms with Gasteiger partial charge >= 0.3 is 5.69 Å². The highest BCUT2D eigenvalue weighted by molar-refractivity contribution is 7.99. The molecule has 1 fully saturated rings. The number of hydrogen-bond donors (Lipinski definition) is 2. The number of nitrogens with one attached hydrogen (secondary N) is 2. The molecule has 3 rings (SSSR count). The van der Waals surface area contributed by atoms with Crippen LogP contribution in [0.15, 0.2) is 9.95 Å². The number of ether oxygens (including phenoxy) is 1. The molecule has 0 radical (unpaired) electrons. The molecule has 9 nitrogen and oxygen atoms in total. The van der Waals surface area contributed by atoms with Crippen LogP contribution < -0.4 is 11.0 Å². The summed E-state index contributed by atoms with van der Waals surface area (Å²) in [5.74, 6) is 0.342. The van der Waals surface area contributed by atoms with Crippen LogP contribution in [0.4, 0.5) is 5.82 Å². The van der Waals surface area contributed by atoms with E-state index in [9.17, 15) is 14.9 Å². The second kappa shape index (κ2) is 9.33. The summed E-state index contributed by atoms with van der Waals surface area (Å²) in [7, 11) is 0. The fourth-order valence-electron chi connectivity index (χ4n) is 3.48. The van der Waals surface area contributed by atoms with Crippen LogP contribution in [-0.4, -0.2) is 43.7 Å². The maximum Gasteiger partial charge on any atom is 0.343 e. The van der Waals surface area contributed by atoms with E-state index < -0.39 is 0 Å². The fourth-order valence-corrected chi connectivity index (χ4v) is 4.26. The van der Waals surface area contributed by atoms with Crippen molar-refractivity contribution in [1.29, 1.82) is 5.26 Å². The summed E-state index contributed by atoms with van der Waals surface area (Å²) in [5, 5.41) is 19.4. The van der Waals surface area contributed by atoms with Gasteiger partial charge in [-0.1, -0.05) is 18.7 Å². The van der Waals surface area contributed by atoms with E-state index >= 15 is 0 Å². The second-order valence-electron chi connectivity index (χ2n) is 7.09. The van der Waals surface area contributed by atoms with Crippen molar-refractivity contribution in [1.82, 2.24) is 19.3 Å². The Morgan fingerprint density at radius 1 is 1.45 bits per heavy atom. The predicted molar refractivity (Wildman–Crippen MR) is 110 cm³/mol. The van der Waals surface area contributed by atoms with Crippen molar-refractivity contribution in [3.8, 4) is 6.07 Å². The van der Waals surface area contributed by atoms with Crippen LogP contribution in [0, 0.1) is 25.2 Å². The van der Waals surface area contributed by atoms with Gasteiger partial charge < -0.3 is 14.6 Å². The minimum atomic E-state index is -0.279. The first-order valence-electron chi connectivity index (χ1n) is 9.75. The molecule has 2 aromatic heterocycles. The largest absolute Gasteiger partial charge is 0.376 e. The predicted octanol–water partition coefficient (Wildman–Crippen LogP) is 2.18. The van der Waals surface area contributed by atoms with E-state index in [-0.39, 0.29) is 23.5 Å². The Kier molecular flexibility index (Phi) is 6.82. The SMILES string of the molecule is CCCn1c(SCC(=O)Nc2c(C#N)c(C)c(C)n2CC2CCCO2)n[nH]c1=O. The summed E-state index contributed by atoms with van der Waals surface area (Å²) >= 11 is 1.19. The van der Waals surface area contributed by atoms with Crippen molar-refractivity contribution in [3.05, 3.63) is 27.3 Å². The number of carbonyl (C=O) groups excluding carboxylic acids is 1. The van der Waals surface area contributed by atoms with Gasteiger partial charge in [-0.15, -0.1) is 5.10 Å². The van der Waals surface area contributed by atoms with Crippen molar-refractivity contribution in [3.63, 3.8) is 0 Å². The van der Waals surface area contributed by atoms with E-state index in [0.29, 0.717) is 29.6 Å². The molecule has 0 aromatic carbocycles. The number of amides is 1. The first-order valence-corrected chi connectivity index (χ1v) is 10.7. The standard InChI is InChI=1S/C19H26N6O3S/c1-4-7-24-18(27)22-23-19(24)29-11-16(26)21-17-15(9-20)12(2)13(3)25(17)10-14-6-5-8-28-14/h14H,4-8,10-11H2,1-3H3,(H,21,26)(H,22,27). The number of nitrogens with zero attached hydrogens (tertiary/aromatic N) is 4. The molecule has 0 aliphatic carbocycles. The van der Waals surface area contributed by atoms with Gasteiger partial charge in [0.15, 0.2) is 5.16 Å². The first kappa shape index (κ1) is 21.2. The summed E-state index contributed by atoms with van der Waals surface area (Å²) < 4.78 is 9.22. The van der Waals surface area contributed by atoms with Crippen LogP contribution in [0.3, 0.4) is 0 Å². The number of hydrogen-bond acceptors (Lipinski definition) is 6. The van der Waals surface area contributed by atoms with E-state index in [2.05, 4.69) is 21.6 Å². The Hall–Kier alpha value is -2.51. The number of nitriles is 1. The molecule has 1 saturated heterocycles. The smallest absolute Gasteiger partial charge is 0.343 e. The van der Waals surface area contributed by atoms with Gasteiger partial charge in [-0.2, -0.15) is 5.26 Å². The minimum Gasteiger partial charge on any atom is -0.376 e. The normalized spacial score (nSPS) is 16.1. The summed E-state index contributed by atoms with van der Waals surface area (Å²) in [6.07, 6.45) is 2.87. The lowest BCUT2D eigenvalue weighted by Crippen LogP contribution is -2.22. The van der Waals surface area contributed by atoms with Crippen molar-refractivity contribution >= 4 is 23.5 Å². The maximum absolute atomic E-state index is 12.6. The zero-order valence-corrected chi connectivity index (χ0v) is 17.8. The molecule has 0 saturated carbocycles. The number of aromatic amines is 1. The molecule has 1 amide bonds. The molecule has 1 aliphatic rings. The third-order valence-corrected chi connectivity index (χ3v) is 6.09. The van der Waals surface area contributed by atoms with E-state index in [0.717, 1.165) is 37.1 Å². The summed E-state index contributed by atoms with van der Waals surface area (Å²) in [4.78, 5) is 24.4. The van der Waals surface area contributed by atoms with E-state index in [1.54, 1.807) is 0 Å². The zero-order chi connectivity index (χ0) is 21.0. The minimum absolute atomic E-state index is 0.0854. The Morgan fingerprint density at radius 2 is 2.24 bits per heavy atom. The zero-order valence-electron chi connectivity index (χ0n) is 16.9. The molecule has 0 spiro atoms. The van der Waals surface area contributed by atoms with Crippen LogP contribution in [0.25, 0.3) is 0 Å². The summed E-state index contributed by atoms with van der Waals surface area (Å²) in [6, 6.07) is 2.21. The van der Waals surface area contributed by atoms with Crippen molar-refractivity contribution in [2.24, 2.45) is 0 Å². The van der Waals surface area contributed by atoms with E-state index in [4.69, 9.17) is 4.74 Å². The van der Waals surface area contributed by atoms with Crippen LogP contribution in [0.2, 0.25) is 0 Å². The Bertz CT molecular complexity index is 977. The highest BCUT2D eigenvalue weighted by Crippen LogP contribution is 2.28. The van der Waals surface area contributed by atoms with Crippen LogP contribution in [0.5, 0.6) is 0 Å². The topological polar surface area (TPSA) is 118 Å². The third-order valence-electron chi connectivity index (χ3n) is 5.11. The van der Waals surface area contributed by atoms with Crippen LogP contribution >= 0.6 is 11.8 Å². The van der Waals surface area contributed by atoms with Gasteiger partial charge in [0.05, 0.1) is 24.0 Å². The van der Waals surface area contributed by atoms with Crippen molar-refractivity contribution in [2.45, 2.75) is 64.4 Å². The molecule has 1 atom stereocenters. The van der Waals surface area contributed by atoms with Crippen molar-refractivity contribution in [2.75, 3.05) is 17.7 Å². The molecule has 2 N–H and O–H groups in total. The number of thioether (sulfide) groups is 1. The molecule has 3 heterocycles. The first-order chi connectivity index (χ1) is 14.0. The van der Waals surface area contributed by atoms with E-state index in [1.165, 1.54) is 16.3 Å². The van der Waals surface area contributed by atoms with Crippen LogP contribution in [0.1, 0.15) is 43.0 Å². The molecule has 10 heteroatoms. The number of rotatable bonds is 8. The average molecular weight is 419 g/mol. The molecule has 2 aromatic rings. The maximum atomic E-state index is 12.6. The Morgan fingerprint density at radius 3 is 2.90 bits per heavy atom. The molecular weight excluding hydrogens is 392 g/mol. The van der Waals surface area contributed by atoms with E-state index in [1.807, 2.05) is 25.3 Å². The lowest BCUT2D eigenvalue weighted by atomic mass is 10.2. The molecular formula is C19H26N6O3S. The summed E-state index contributed by atoms with van der Waals surface area (Å²) in [6.45, 7) is 7.70. The Labute approximate surface area is 173 Å². The number of carbonyl (C=O) groups is 1. The Balaban J connectivity index is 1.75. The van der Waals surface area contributed by atoms with Crippen LogP contribution in [-0.2, 0) is 22.6 Å². The molecule has 1 aliphatic heterocycles. The highest BCUT2D eigenvalue weighted by atomic mass is 32.2. The lowest BCUT2D eigenvalue weighted by molar-refractivity contribution is -0.113. The van der Waals surface area contributed by atoms with Gasteiger partial charge in [0.1, 0.15) is 11.9 Å². The molecule has 29 heavy (non-hydrogen) atoms. The van der Waals surface area contributed by atoms with Crippen molar-refractivity contribution < 1.29 is 9.53 Å². The van der Waals surface area contributed by atoms with Gasteiger partial charge in [0.2, 0.25) is 5.91 Å². The molecule has 1 unspecified atom stereocenters. The summed E-state index contributed by atoms with van der Waals surface area (Å²) in [5.41, 5.74) is 2.00. The monoisotopic (exact) mass is 418 g/mol. The number of anilines is 1. The van der Waals surface area contributed by atoms with Gasteiger partial charge in [0.25, 0.3) is 0 Å². The number of H-pyrrole nitrogens is 1.